The molecule has 0 spiro atoms. The topological polar surface area (TPSA) is 102 Å². The van der Waals surface area contributed by atoms with Gasteiger partial charge in [0.15, 0.2) is 5.84 Å². The fourth-order valence-electron chi connectivity index (χ4n) is 6.70. The van der Waals surface area contributed by atoms with Crippen molar-refractivity contribution in [3.05, 3.63) is 75.4 Å². The summed E-state index contributed by atoms with van der Waals surface area (Å²) in [7, 11) is 1.64. The van der Waals surface area contributed by atoms with Crippen molar-refractivity contribution in [1.82, 2.24) is 9.88 Å². The van der Waals surface area contributed by atoms with Gasteiger partial charge in [0.2, 0.25) is 0 Å². The van der Waals surface area contributed by atoms with Crippen LogP contribution in [0.25, 0.3) is 10.2 Å². The second-order valence-electron chi connectivity index (χ2n) is 12.1. The minimum Gasteiger partial charge on any atom is -0.497 e. The lowest BCUT2D eigenvalue weighted by Gasteiger charge is -2.36. The van der Waals surface area contributed by atoms with Gasteiger partial charge in [0.25, 0.3) is 5.56 Å². The molecule has 7 rings (SSSR count). The van der Waals surface area contributed by atoms with Gasteiger partial charge >= 0.3 is 0 Å². The van der Waals surface area contributed by atoms with Gasteiger partial charge in [-0.2, -0.15) is 0 Å². The van der Waals surface area contributed by atoms with Crippen LogP contribution in [-0.4, -0.2) is 60.1 Å². The van der Waals surface area contributed by atoms with Crippen molar-refractivity contribution < 1.29 is 14.6 Å². The zero-order valence-electron chi connectivity index (χ0n) is 25.3. The van der Waals surface area contributed by atoms with Gasteiger partial charge in [0, 0.05) is 24.2 Å². The summed E-state index contributed by atoms with van der Waals surface area (Å²) in [5.74, 6) is 1.17. The van der Waals surface area contributed by atoms with Crippen molar-refractivity contribution in [1.29, 1.82) is 0 Å². The van der Waals surface area contributed by atoms with Crippen LogP contribution in [0.3, 0.4) is 0 Å². The van der Waals surface area contributed by atoms with Gasteiger partial charge < -0.3 is 24.8 Å². The van der Waals surface area contributed by atoms with Crippen molar-refractivity contribution >= 4 is 50.1 Å². The third-order valence-corrected chi connectivity index (χ3v) is 9.78. The van der Waals surface area contributed by atoms with E-state index in [1.165, 1.54) is 11.3 Å². The molecule has 1 unspecified atom stereocenters. The van der Waals surface area contributed by atoms with Crippen LogP contribution in [0, 0.1) is 0 Å². The molecule has 2 N–H and O–H groups in total. The number of morpholine rings is 1. The molecular formula is C34H38N5O4S. The van der Waals surface area contributed by atoms with Crippen molar-refractivity contribution in [2.24, 2.45) is 4.99 Å². The van der Waals surface area contributed by atoms with Gasteiger partial charge in [-0.1, -0.05) is 25.0 Å². The maximum atomic E-state index is 14.6. The molecular weight excluding hydrogens is 574 g/mol. The summed E-state index contributed by atoms with van der Waals surface area (Å²) in [6.07, 6.45) is 3.42. The summed E-state index contributed by atoms with van der Waals surface area (Å²) in [6.45, 7) is 6.20. The number of rotatable bonds is 7. The van der Waals surface area contributed by atoms with E-state index in [0.29, 0.717) is 23.6 Å². The molecule has 2 aliphatic heterocycles. The molecule has 4 aromatic rings. The Hall–Kier alpha value is -3.86. The van der Waals surface area contributed by atoms with E-state index in [2.05, 4.69) is 36.2 Å². The van der Waals surface area contributed by atoms with Crippen LogP contribution in [0.1, 0.15) is 50.7 Å². The van der Waals surface area contributed by atoms with Crippen molar-refractivity contribution in [2.75, 3.05) is 30.4 Å². The van der Waals surface area contributed by atoms with E-state index in [1.54, 1.807) is 7.11 Å². The highest BCUT2D eigenvalue weighted by Gasteiger charge is 2.31. The first kappa shape index (κ1) is 28.9. The lowest BCUT2D eigenvalue weighted by molar-refractivity contribution is -0.00521. The number of methoxy groups -OCH3 is 1. The first-order valence-corrected chi connectivity index (χ1v) is 16.3. The Balaban J connectivity index is 1.32. The van der Waals surface area contributed by atoms with Gasteiger partial charge in [-0.25, -0.2) is 10.3 Å². The third kappa shape index (κ3) is 5.46. The Kier molecular flexibility index (Phi) is 7.82. The zero-order valence-corrected chi connectivity index (χ0v) is 26.1. The van der Waals surface area contributed by atoms with E-state index in [1.807, 2.05) is 46.3 Å². The van der Waals surface area contributed by atoms with E-state index in [4.69, 9.17) is 19.8 Å². The molecule has 1 radical (unpaired) electrons. The molecule has 9 nitrogen and oxygen atoms in total. The number of thiophene rings is 1. The SMILES string of the molecule is COc1ccc(Cn2c(=O)c(C3=Nc4cc(N5CC(C)O[C@H](C)C5)ccc4[N]3)c(N[C@H]3CCCC[C@H]3O)c3ccsc32)cc1. The van der Waals surface area contributed by atoms with Gasteiger partial charge in [-0.05, 0) is 74.0 Å². The Morgan fingerprint density at radius 1 is 1.05 bits per heavy atom. The Morgan fingerprint density at radius 3 is 2.57 bits per heavy atom. The lowest BCUT2D eigenvalue weighted by Crippen LogP contribution is -2.45. The van der Waals surface area contributed by atoms with E-state index in [-0.39, 0.29) is 23.8 Å². The summed E-state index contributed by atoms with van der Waals surface area (Å²) >= 11 is 1.54. The van der Waals surface area contributed by atoms with Gasteiger partial charge in [0.1, 0.15) is 16.1 Å². The second-order valence-corrected chi connectivity index (χ2v) is 13.0. The number of pyridine rings is 1. The predicted molar refractivity (Wildman–Crippen MR) is 177 cm³/mol. The Labute approximate surface area is 261 Å². The highest BCUT2D eigenvalue weighted by molar-refractivity contribution is 7.16. The molecule has 1 saturated heterocycles. The molecule has 10 heteroatoms. The molecule has 1 aliphatic carbocycles. The van der Waals surface area contributed by atoms with Crippen LogP contribution in [0.2, 0.25) is 0 Å². The fourth-order valence-corrected chi connectivity index (χ4v) is 7.60. The fraction of sp³-hybridized carbons (Fsp3) is 0.412. The molecule has 0 bridgehead atoms. The normalized spacial score (nSPS) is 23.3. The van der Waals surface area contributed by atoms with Crippen LogP contribution in [0.5, 0.6) is 5.75 Å². The van der Waals surface area contributed by atoms with Crippen LogP contribution in [-0.2, 0) is 11.3 Å². The number of aliphatic imine (C=N–C) groups is 1. The molecule has 1 saturated carbocycles. The number of hydrogen-bond donors (Lipinski definition) is 2. The zero-order chi connectivity index (χ0) is 30.4. The standard InChI is InChI=1S/C34H38N5O4S/c1-20-17-38(18-21(2)43-20)23-10-13-26-28(16-23)37-32(36-26)30-31(35-27-6-4-5-7-29(27)40)25-14-15-44-34(25)39(33(30)41)19-22-8-11-24(42-3)12-9-22/h8-16,20-21,27,29,35,40H,4-7,17-19H2,1-3H3/t20-,21?,27+,29-/m1/s1. The highest BCUT2D eigenvalue weighted by Crippen LogP contribution is 2.39. The summed E-state index contributed by atoms with van der Waals surface area (Å²) < 4.78 is 13.1. The number of nitrogens with zero attached hydrogens (tertiary/aromatic N) is 4. The number of anilines is 2. The largest absolute Gasteiger partial charge is 0.497 e. The third-order valence-electron chi connectivity index (χ3n) is 8.85. The molecule has 2 aromatic carbocycles. The smallest absolute Gasteiger partial charge is 0.265 e. The van der Waals surface area contributed by atoms with Gasteiger partial charge in [-0.15, -0.1) is 11.3 Å². The quantitative estimate of drug-likeness (QED) is 0.275. The molecule has 2 fully saturated rings. The number of aliphatic hydroxyl groups is 1. The van der Waals surface area contributed by atoms with Gasteiger partial charge in [0.05, 0.1) is 55.1 Å². The van der Waals surface area contributed by atoms with Crippen LogP contribution >= 0.6 is 11.3 Å². The van der Waals surface area contributed by atoms with Crippen molar-refractivity contribution in [3.8, 4) is 5.75 Å². The monoisotopic (exact) mass is 612 g/mol. The van der Waals surface area contributed by atoms with Gasteiger partial charge in [-0.3, -0.25) is 9.36 Å². The first-order valence-electron chi connectivity index (χ1n) is 15.4. The predicted octanol–water partition coefficient (Wildman–Crippen LogP) is 5.78. The average Bonchev–Trinajstić information content (AvgIpc) is 3.67. The molecule has 229 valence electrons. The molecule has 44 heavy (non-hydrogen) atoms. The molecule has 4 atom stereocenters. The minimum atomic E-state index is -0.479. The summed E-state index contributed by atoms with van der Waals surface area (Å²) in [6, 6.07) is 15.8. The molecule has 4 heterocycles. The first-order chi connectivity index (χ1) is 21.4. The summed E-state index contributed by atoms with van der Waals surface area (Å²) in [5, 5.41) is 22.4. The van der Waals surface area contributed by atoms with E-state index < -0.39 is 6.10 Å². The number of amidine groups is 1. The molecule has 3 aliphatic rings. The maximum absolute atomic E-state index is 14.6. The Morgan fingerprint density at radius 2 is 1.82 bits per heavy atom. The maximum Gasteiger partial charge on any atom is 0.265 e. The summed E-state index contributed by atoms with van der Waals surface area (Å²) in [5.41, 5.74) is 4.54. The van der Waals surface area contributed by atoms with E-state index in [9.17, 15) is 9.90 Å². The van der Waals surface area contributed by atoms with E-state index >= 15 is 0 Å². The molecule has 0 amide bonds. The van der Waals surface area contributed by atoms with Crippen LogP contribution in [0.15, 0.2) is 63.7 Å². The lowest BCUT2D eigenvalue weighted by atomic mass is 9.92. The number of aromatic nitrogens is 1. The van der Waals surface area contributed by atoms with Crippen LogP contribution < -0.4 is 25.8 Å². The number of benzene rings is 2. The number of ether oxygens (including phenoxy) is 2. The number of fused-ring (bicyclic) bond motifs is 2. The van der Waals surface area contributed by atoms with E-state index in [0.717, 1.165) is 77.4 Å². The summed E-state index contributed by atoms with van der Waals surface area (Å²) in [4.78, 5) is 22.7. The van der Waals surface area contributed by atoms with Crippen molar-refractivity contribution in [2.45, 2.75) is 70.4 Å². The number of nitrogens with one attached hydrogen (secondary N) is 1. The highest BCUT2D eigenvalue weighted by atomic mass is 32.1. The molecule has 2 aromatic heterocycles. The number of hydrogen-bond acceptors (Lipinski definition) is 8. The minimum absolute atomic E-state index is 0.140. The Bertz CT molecular complexity index is 1750. The average molecular weight is 613 g/mol. The van der Waals surface area contributed by atoms with Crippen LogP contribution in [0.4, 0.5) is 22.7 Å². The van der Waals surface area contributed by atoms with Crippen molar-refractivity contribution in [3.63, 3.8) is 0 Å². The second kappa shape index (κ2) is 11.9. The number of aliphatic hydroxyl groups excluding tert-OH is 1.